The van der Waals surface area contributed by atoms with Gasteiger partial charge in [-0.2, -0.15) is 4.31 Å². The van der Waals surface area contributed by atoms with Gasteiger partial charge in [-0.15, -0.1) is 5.11 Å². The first-order valence-corrected chi connectivity index (χ1v) is 11.1. The van der Waals surface area contributed by atoms with E-state index < -0.39 is 15.4 Å². The van der Waals surface area contributed by atoms with Crippen LogP contribution in [-0.4, -0.2) is 25.8 Å². The molecule has 0 saturated carbocycles. The van der Waals surface area contributed by atoms with Crippen LogP contribution in [0.25, 0.3) is 0 Å². The molecular formula is C22H24N4O2S. The van der Waals surface area contributed by atoms with Crippen molar-refractivity contribution in [1.29, 1.82) is 0 Å². The van der Waals surface area contributed by atoms with Gasteiger partial charge < -0.3 is 0 Å². The molecule has 29 heavy (non-hydrogen) atoms. The van der Waals surface area contributed by atoms with Crippen LogP contribution in [0, 0.1) is 6.92 Å². The van der Waals surface area contributed by atoms with Gasteiger partial charge >= 0.3 is 0 Å². The Kier molecular flexibility index (Phi) is 5.10. The smallest absolute Gasteiger partial charge is 0.243 e. The molecule has 1 fully saturated rings. The molecule has 0 aliphatic carbocycles. The van der Waals surface area contributed by atoms with Gasteiger partial charge in [-0.05, 0) is 43.5 Å². The summed E-state index contributed by atoms with van der Waals surface area (Å²) in [5.41, 5.74) is 6.02. The largest absolute Gasteiger partial charge is 0.260 e. The second-order valence-corrected chi connectivity index (χ2v) is 9.47. The number of aryl methyl sites for hydroxylation is 1. The van der Waals surface area contributed by atoms with Gasteiger partial charge in [-0.3, -0.25) is 5.43 Å². The van der Waals surface area contributed by atoms with Crippen molar-refractivity contribution in [2.75, 3.05) is 13.1 Å². The average Bonchev–Trinajstić information content (AvgIpc) is 2.75. The lowest BCUT2D eigenvalue weighted by atomic mass is 9.70. The number of sulfonamides is 1. The molecule has 1 N–H and O–H groups in total. The highest BCUT2D eigenvalue weighted by atomic mass is 32.2. The first-order valence-electron chi connectivity index (χ1n) is 9.62. The van der Waals surface area contributed by atoms with Crippen molar-refractivity contribution in [2.45, 2.75) is 30.1 Å². The maximum absolute atomic E-state index is 13.1. The second-order valence-electron chi connectivity index (χ2n) is 7.53. The van der Waals surface area contributed by atoms with Crippen LogP contribution in [0.15, 0.2) is 93.9 Å². The predicted molar refractivity (Wildman–Crippen MR) is 113 cm³/mol. The second kappa shape index (κ2) is 7.57. The quantitative estimate of drug-likeness (QED) is 0.828. The molecule has 0 bridgehead atoms. The number of benzene rings is 2. The minimum absolute atomic E-state index is 0.337. The number of nitrogens with zero attached hydrogens (tertiary/aromatic N) is 3. The van der Waals surface area contributed by atoms with Crippen molar-refractivity contribution in [2.24, 2.45) is 10.3 Å². The summed E-state index contributed by atoms with van der Waals surface area (Å²) in [6, 6.07) is 17.1. The Morgan fingerprint density at radius 1 is 1.03 bits per heavy atom. The van der Waals surface area contributed by atoms with E-state index in [0.717, 1.165) is 16.8 Å². The molecule has 2 heterocycles. The minimum Gasteiger partial charge on any atom is -0.260 e. The van der Waals surface area contributed by atoms with Crippen LogP contribution in [0.2, 0.25) is 0 Å². The molecule has 0 aromatic heterocycles. The summed E-state index contributed by atoms with van der Waals surface area (Å²) in [7, 11) is -3.52. The van der Waals surface area contributed by atoms with Gasteiger partial charge in [0.15, 0.2) is 0 Å². The van der Waals surface area contributed by atoms with E-state index >= 15 is 0 Å². The van der Waals surface area contributed by atoms with Gasteiger partial charge in [0.1, 0.15) is 0 Å². The predicted octanol–water partition coefficient (Wildman–Crippen LogP) is 4.09. The first-order chi connectivity index (χ1) is 13.9. The third kappa shape index (κ3) is 3.63. The normalized spacial score (nSPS) is 19.5. The Morgan fingerprint density at radius 2 is 1.69 bits per heavy atom. The third-order valence-electron chi connectivity index (χ3n) is 5.71. The number of piperidine rings is 1. The molecule has 150 valence electrons. The Balaban J connectivity index is 1.66. The zero-order chi connectivity index (χ0) is 20.5. The summed E-state index contributed by atoms with van der Waals surface area (Å²) in [5.74, 6) is 0. The fraction of sp³-hybridized carbons (Fsp3) is 0.273. The molecular weight excluding hydrogens is 384 g/mol. The number of allylic oxidation sites excluding steroid dienone is 2. The molecule has 7 heteroatoms. The molecule has 2 aromatic rings. The SMILES string of the molecule is C=C1C=C(C2(c3ccccc3)CCN(S(=O)(=O)c3ccc(C)cc3)CC2)N=NN1. The average molecular weight is 409 g/mol. The maximum Gasteiger partial charge on any atom is 0.243 e. The first kappa shape index (κ1) is 19.5. The highest BCUT2D eigenvalue weighted by molar-refractivity contribution is 7.89. The lowest BCUT2D eigenvalue weighted by molar-refractivity contribution is 0.258. The highest BCUT2D eigenvalue weighted by Crippen LogP contribution is 2.44. The lowest BCUT2D eigenvalue weighted by Crippen LogP contribution is -2.46. The molecule has 6 nitrogen and oxygen atoms in total. The van der Waals surface area contributed by atoms with Crippen LogP contribution in [0.4, 0.5) is 0 Å². The molecule has 2 aliphatic heterocycles. The van der Waals surface area contributed by atoms with Crippen molar-refractivity contribution >= 4 is 10.0 Å². The van der Waals surface area contributed by atoms with Crippen molar-refractivity contribution in [3.8, 4) is 0 Å². The molecule has 2 aromatic carbocycles. The van der Waals surface area contributed by atoms with Gasteiger partial charge in [0.05, 0.1) is 16.3 Å². The maximum atomic E-state index is 13.1. The summed E-state index contributed by atoms with van der Waals surface area (Å²) in [4.78, 5) is 0.337. The van der Waals surface area contributed by atoms with Crippen molar-refractivity contribution in [3.63, 3.8) is 0 Å². The molecule has 1 saturated heterocycles. The van der Waals surface area contributed by atoms with Crippen LogP contribution < -0.4 is 5.43 Å². The van der Waals surface area contributed by atoms with Crippen molar-refractivity contribution in [3.05, 3.63) is 89.8 Å². The summed E-state index contributed by atoms with van der Waals surface area (Å²) in [5, 5.41) is 8.34. The molecule has 0 atom stereocenters. The Labute approximate surface area is 171 Å². The fourth-order valence-corrected chi connectivity index (χ4v) is 5.46. The van der Waals surface area contributed by atoms with Gasteiger partial charge in [-0.25, -0.2) is 8.42 Å². The molecule has 0 spiro atoms. The van der Waals surface area contributed by atoms with E-state index in [2.05, 4.69) is 34.5 Å². The standard InChI is InChI=1S/C22H24N4O2S/c1-17-8-10-20(11-9-17)29(27,28)26-14-12-22(13-15-26,19-6-4-3-5-7-19)21-16-18(2)23-25-24-21/h3-11,16H,2,12-15H2,1H3,(H,23,24). The van der Waals surface area contributed by atoms with Gasteiger partial charge in [0.2, 0.25) is 10.0 Å². The van der Waals surface area contributed by atoms with Crippen molar-refractivity contribution in [1.82, 2.24) is 9.73 Å². The molecule has 2 aliphatic rings. The van der Waals surface area contributed by atoms with E-state index in [1.54, 1.807) is 16.4 Å². The highest BCUT2D eigenvalue weighted by Gasteiger charge is 2.43. The zero-order valence-electron chi connectivity index (χ0n) is 16.4. The summed E-state index contributed by atoms with van der Waals surface area (Å²) in [6.07, 6.45) is 3.16. The van der Waals surface area contributed by atoms with E-state index in [0.29, 0.717) is 36.5 Å². The van der Waals surface area contributed by atoms with Crippen LogP contribution >= 0.6 is 0 Å². The molecule has 0 unspecified atom stereocenters. The lowest BCUT2D eigenvalue weighted by Gasteiger charge is -2.42. The minimum atomic E-state index is -3.52. The summed E-state index contributed by atoms with van der Waals surface area (Å²) >= 11 is 0. The van der Waals surface area contributed by atoms with E-state index in [9.17, 15) is 8.42 Å². The van der Waals surface area contributed by atoms with Crippen molar-refractivity contribution < 1.29 is 8.42 Å². The van der Waals surface area contributed by atoms with Crippen LogP contribution in [-0.2, 0) is 15.4 Å². The molecule has 0 amide bonds. The molecule has 4 rings (SSSR count). The Bertz CT molecular complexity index is 1070. The van der Waals surface area contributed by atoms with Gasteiger partial charge in [0.25, 0.3) is 0 Å². The molecule has 0 radical (unpaired) electrons. The zero-order valence-corrected chi connectivity index (χ0v) is 17.2. The van der Waals surface area contributed by atoms with Gasteiger partial charge in [-0.1, -0.05) is 59.8 Å². The summed E-state index contributed by atoms with van der Waals surface area (Å²) in [6.45, 7) is 6.71. The van der Waals surface area contributed by atoms with Gasteiger partial charge in [0, 0.05) is 18.5 Å². The number of nitrogens with one attached hydrogen (secondary N) is 1. The third-order valence-corrected chi connectivity index (χ3v) is 7.63. The monoisotopic (exact) mass is 408 g/mol. The van der Waals surface area contributed by atoms with Crippen LogP contribution in [0.1, 0.15) is 24.0 Å². The van der Waals surface area contributed by atoms with E-state index in [1.165, 1.54) is 0 Å². The number of hydrogen-bond donors (Lipinski definition) is 1. The van der Waals surface area contributed by atoms with Crippen LogP contribution in [0.3, 0.4) is 0 Å². The number of rotatable bonds is 4. The van der Waals surface area contributed by atoms with E-state index in [1.807, 2.05) is 43.3 Å². The van der Waals surface area contributed by atoms with E-state index in [4.69, 9.17) is 0 Å². The number of hydrogen-bond acceptors (Lipinski definition) is 5. The van der Waals surface area contributed by atoms with E-state index in [-0.39, 0.29) is 0 Å². The summed E-state index contributed by atoms with van der Waals surface area (Å²) < 4.78 is 27.8. The Morgan fingerprint density at radius 3 is 2.31 bits per heavy atom. The topological polar surface area (TPSA) is 74.1 Å². The Hall–Kier alpha value is -2.77. The van der Waals surface area contributed by atoms with Crippen LogP contribution in [0.5, 0.6) is 0 Å². The fourth-order valence-electron chi connectivity index (χ4n) is 4.02.